The van der Waals surface area contributed by atoms with Crippen LogP contribution in [0, 0.1) is 56.7 Å². The van der Waals surface area contributed by atoms with Gasteiger partial charge in [-0.3, -0.25) is 4.79 Å². The summed E-state index contributed by atoms with van der Waals surface area (Å²) in [4.78, 5) is 17.0. The van der Waals surface area contributed by atoms with Crippen LogP contribution in [0.2, 0.25) is 0 Å². The van der Waals surface area contributed by atoms with Gasteiger partial charge < -0.3 is 20.3 Å². The van der Waals surface area contributed by atoms with Crippen molar-refractivity contribution in [1.29, 1.82) is 0 Å². The largest absolute Gasteiger partial charge is 0.481 e. The standard InChI is InChI=1S/C49H72N2O6S/c1-33(2)35-15-22-49(51-29-25-48(54)26-30-58(55,56)31-27-48)24-23-45(6)37(41(35)49)11-12-39-44(5)18-16-36(43(3,4)38(44)17-19-46(39,45)7)34-13-20-47(21-14-34,42(52)53)32-57-40-10-8-9-28-50-40/h8-10,13,16,28,35,37-39,41,51,54H,1,11-12,14-15,17-27,29-32H2,2-7H3,(H,52,53)/t35-,37+,38?,39+,41?,44-,45+,46+,47?,49-/m0/s1. The smallest absolute Gasteiger partial charge is 0.313 e. The van der Waals surface area contributed by atoms with Gasteiger partial charge in [0.1, 0.15) is 12.0 Å². The quantitative estimate of drug-likeness (QED) is 0.200. The van der Waals surface area contributed by atoms with Gasteiger partial charge in [-0.25, -0.2) is 13.4 Å². The second-order valence-corrected chi connectivity index (χ2v) is 24.2. The summed E-state index contributed by atoms with van der Waals surface area (Å²) in [6.07, 6.45) is 20.3. The van der Waals surface area contributed by atoms with Crippen LogP contribution in [0.15, 0.2) is 59.8 Å². The Kier molecular flexibility index (Phi) is 10.6. The average molecular weight is 817 g/mol. The molecule has 2 heterocycles. The van der Waals surface area contributed by atoms with Gasteiger partial charge in [-0.1, -0.05) is 65.0 Å². The molecule has 1 aliphatic heterocycles. The zero-order valence-corrected chi connectivity index (χ0v) is 37.2. The summed E-state index contributed by atoms with van der Waals surface area (Å²) >= 11 is 0. The molecule has 9 heteroatoms. The Hall–Kier alpha value is -2.49. The number of carboxylic acid groups (broad SMARTS) is 1. The molecule has 1 aromatic heterocycles. The summed E-state index contributed by atoms with van der Waals surface area (Å²) in [5.74, 6) is 2.67. The van der Waals surface area contributed by atoms with E-state index in [1.807, 2.05) is 12.1 Å². The van der Waals surface area contributed by atoms with Crippen molar-refractivity contribution in [3.63, 3.8) is 0 Å². The van der Waals surface area contributed by atoms with Gasteiger partial charge in [0.15, 0.2) is 9.84 Å². The molecule has 1 saturated heterocycles. The van der Waals surface area contributed by atoms with Crippen molar-refractivity contribution in [3.8, 4) is 5.88 Å². The number of aliphatic hydroxyl groups is 1. The van der Waals surface area contributed by atoms with Crippen LogP contribution in [0.5, 0.6) is 5.88 Å². The summed E-state index contributed by atoms with van der Waals surface area (Å²) in [5, 5.41) is 26.0. The number of rotatable bonds is 10. The van der Waals surface area contributed by atoms with E-state index in [2.05, 4.69) is 70.6 Å². The van der Waals surface area contributed by atoms with Gasteiger partial charge in [0.05, 0.1) is 17.1 Å². The molecule has 10 atom stereocenters. The number of carboxylic acids is 1. The van der Waals surface area contributed by atoms with E-state index in [9.17, 15) is 23.4 Å². The summed E-state index contributed by atoms with van der Waals surface area (Å²) < 4.78 is 30.2. The van der Waals surface area contributed by atoms with E-state index in [0.29, 0.717) is 67.6 Å². The number of nitrogens with one attached hydrogen (secondary N) is 1. The maximum absolute atomic E-state index is 12.7. The van der Waals surface area contributed by atoms with Crippen molar-refractivity contribution in [1.82, 2.24) is 10.3 Å². The Morgan fingerprint density at radius 3 is 2.33 bits per heavy atom. The van der Waals surface area contributed by atoms with E-state index in [0.717, 1.165) is 32.2 Å². The predicted octanol–water partition coefficient (Wildman–Crippen LogP) is 9.51. The van der Waals surface area contributed by atoms with E-state index in [1.165, 1.54) is 55.2 Å². The van der Waals surface area contributed by atoms with E-state index in [-0.39, 0.29) is 45.3 Å². The molecule has 0 bridgehead atoms. The first-order chi connectivity index (χ1) is 27.2. The number of ether oxygens (including phenoxy) is 1. The monoisotopic (exact) mass is 817 g/mol. The topological polar surface area (TPSA) is 126 Å². The predicted molar refractivity (Wildman–Crippen MR) is 230 cm³/mol. The summed E-state index contributed by atoms with van der Waals surface area (Å²) in [7, 11) is -3.03. The van der Waals surface area contributed by atoms with Crippen LogP contribution in [0.4, 0.5) is 0 Å². The fourth-order valence-corrected chi connectivity index (χ4v) is 17.1. The number of allylic oxidation sites excluding steroid dienone is 5. The number of hydrogen-bond donors (Lipinski definition) is 3. The first kappa shape index (κ1) is 42.2. The molecule has 0 amide bonds. The molecular formula is C49H72N2O6S. The maximum Gasteiger partial charge on any atom is 0.313 e. The number of nitrogens with zero attached hydrogens (tertiary/aromatic N) is 1. The number of sulfone groups is 1. The van der Waals surface area contributed by atoms with Crippen molar-refractivity contribution < 1.29 is 28.2 Å². The average Bonchev–Trinajstić information content (AvgIpc) is 3.56. The third-order valence-corrected chi connectivity index (χ3v) is 20.7. The maximum atomic E-state index is 12.7. The first-order valence-electron chi connectivity index (χ1n) is 22.7. The Labute approximate surface area is 349 Å². The lowest BCUT2D eigenvalue weighted by Gasteiger charge is -2.72. The number of pyridine rings is 1. The highest BCUT2D eigenvalue weighted by Crippen LogP contribution is 2.76. The molecule has 0 aromatic carbocycles. The van der Waals surface area contributed by atoms with Gasteiger partial charge in [0.2, 0.25) is 5.88 Å². The molecule has 58 heavy (non-hydrogen) atoms. The molecule has 4 saturated carbocycles. The van der Waals surface area contributed by atoms with Crippen LogP contribution >= 0.6 is 0 Å². The Bertz CT molecular complexity index is 1940. The SMILES string of the molecule is C=C(C)[C@@H]1CC[C@]2(NCCC3(O)CCS(=O)(=O)CC3)CC[C@]3(C)[C@H](CC[C@@H]4[C@@]5(C)CC=C(C6=CCC(COc7ccccn7)(C(=O)O)CC6)C(C)(C)C5CC[C@]43C)C12. The van der Waals surface area contributed by atoms with Crippen molar-refractivity contribution in [2.75, 3.05) is 24.7 Å². The van der Waals surface area contributed by atoms with Gasteiger partial charge in [-0.15, -0.1) is 0 Å². The number of fused-ring (bicyclic) bond motifs is 7. The molecule has 0 radical (unpaired) electrons. The van der Waals surface area contributed by atoms with Crippen molar-refractivity contribution in [2.24, 2.45) is 56.7 Å². The van der Waals surface area contributed by atoms with Crippen LogP contribution in [0.1, 0.15) is 138 Å². The zero-order valence-electron chi connectivity index (χ0n) is 36.4. The second kappa shape index (κ2) is 14.6. The van der Waals surface area contributed by atoms with Crippen LogP contribution in [-0.4, -0.2) is 65.4 Å². The number of aliphatic carboxylic acids is 1. The lowest BCUT2D eigenvalue weighted by Crippen LogP contribution is -2.68. The van der Waals surface area contributed by atoms with Gasteiger partial charge in [0.25, 0.3) is 0 Å². The molecule has 6 aliphatic carbocycles. The summed E-state index contributed by atoms with van der Waals surface area (Å²) in [6, 6.07) is 5.48. The van der Waals surface area contributed by atoms with E-state index >= 15 is 0 Å². The molecule has 7 aliphatic rings. The fourth-order valence-electron chi connectivity index (χ4n) is 15.5. The van der Waals surface area contributed by atoms with Gasteiger partial charge in [-0.05, 0) is 178 Å². The van der Waals surface area contributed by atoms with E-state index in [1.54, 1.807) is 12.3 Å². The zero-order chi connectivity index (χ0) is 41.6. The van der Waals surface area contributed by atoms with Crippen LogP contribution in [0.25, 0.3) is 0 Å². The molecule has 3 N–H and O–H groups in total. The number of carbonyl (C=O) groups is 1. The Balaban J connectivity index is 1.01. The lowest BCUT2D eigenvalue weighted by atomic mass is 9.33. The number of aromatic nitrogens is 1. The Morgan fingerprint density at radius 2 is 1.67 bits per heavy atom. The lowest BCUT2D eigenvalue weighted by molar-refractivity contribution is -0.221. The minimum absolute atomic E-state index is 0.0136. The van der Waals surface area contributed by atoms with Gasteiger partial charge in [-0.2, -0.15) is 0 Å². The number of hydrogen-bond acceptors (Lipinski definition) is 7. The van der Waals surface area contributed by atoms with Crippen molar-refractivity contribution in [2.45, 2.75) is 149 Å². The van der Waals surface area contributed by atoms with Crippen LogP contribution in [0.3, 0.4) is 0 Å². The van der Waals surface area contributed by atoms with Crippen molar-refractivity contribution >= 4 is 15.8 Å². The highest BCUT2D eigenvalue weighted by molar-refractivity contribution is 7.91. The molecule has 5 fully saturated rings. The Morgan fingerprint density at radius 1 is 0.914 bits per heavy atom. The first-order valence-corrected chi connectivity index (χ1v) is 24.6. The minimum Gasteiger partial charge on any atom is -0.481 e. The molecule has 3 unspecified atom stereocenters. The van der Waals surface area contributed by atoms with E-state index in [4.69, 9.17) is 4.74 Å². The third-order valence-electron chi connectivity index (χ3n) is 19.0. The minimum atomic E-state index is -3.03. The van der Waals surface area contributed by atoms with E-state index < -0.39 is 26.8 Å². The molecule has 0 spiro atoms. The highest BCUT2D eigenvalue weighted by atomic mass is 32.2. The van der Waals surface area contributed by atoms with Crippen LogP contribution < -0.4 is 10.1 Å². The second-order valence-electron chi connectivity index (χ2n) is 21.9. The summed E-state index contributed by atoms with van der Waals surface area (Å²) in [5.41, 5.74) is 2.91. The van der Waals surface area contributed by atoms with Gasteiger partial charge >= 0.3 is 5.97 Å². The van der Waals surface area contributed by atoms with Gasteiger partial charge in [0, 0.05) is 17.8 Å². The van der Waals surface area contributed by atoms with Crippen LogP contribution in [-0.2, 0) is 14.6 Å². The molecule has 8 nitrogen and oxygen atoms in total. The normalized spacial score (nSPS) is 42.4. The van der Waals surface area contributed by atoms with Crippen molar-refractivity contribution in [3.05, 3.63) is 59.8 Å². The fraction of sp³-hybridized carbons (Fsp3) is 0.755. The molecular weight excluding hydrogens is 745 g/mol. The summed E-state index contributed by atoms with van der Waals surface area (Å²) in [6.45, 7) is 20.7. The molecule has 1 aromatic rings. The highest BCUT2D eigenvalue weighted by Gasteiger charge is 2.70. The third kappa shape index (κ3) is 6.69. The molecule has 320 valence electrons. The molecule has 8 rings (SSSR count).